The fourth-order valence-corrected chi connectivity index (χ4v) is 3.35. The highest BCUT2D eigenvalue weighted by Gasteiger charge is 2.20. The Morgan fingerprint density at radius 2 is 2.12 bits per heavy atom. The zero-order valence-electron chi connectivity index (χ0n) is 14.0. The van der Waals surface area contributed by atoms with E-state index in [-0.39, 0.29) is 17.6 Å². The minimum absolute atomic E-state index is 0.00193. The van der Waals surface area contributed by atoms with Crippen molar-refractivity contribution in [3.05, 3.63) is 61.6 Å². The predicted octanol–water partition coefficient (Wildman–Crippen LogP) is 3.90. The SMILES string of the molecule is Cc1nc(C)c([C@H](C)N(C)C(=O)/C=C/c2cccc([N+](=O)[O-])c2)s1. The van der Waals surface area contributed by atoms with Gasteiger partial charge in [-0.2, -0.15) is 0 Å². The van der Waals surface area contributed by atoms with Crippen LogP contribution in [0.5, 0.6) is 0 Å². The molecule has 0 aliphatic rings. The molecule has 0 aliphatic heterocycles. The summed E-state index contributed by atoms with van der Waals surface area (Å²) in [5, 5.41) is 11.8. The first-order valence-electron chi connectivity index (χ1n) is 7.43. The van der Waals surface area contributed by atoms with E-state index < -0.39 is 4.92 Å². The number of nitro benzene ring substituents is 1. The summed E-state index contributed by atoms with van der Waals surface area (Å²) in [5.74, 6) is -0.167. The van der Waals surface area contributed by atoms with Crippen LogP contribution in [0.2, 0.25) is 0 Å². The number of likely N-dealkylation sites (N-methyl/N-ethyl adjacent to an activating group) is 1. The third-order valence-electron chi connectivity index (χ3n) is 3.75. The van der Waals surface area contributed by atoms with Crippen molar-refractivity contribution in [2.24, 2.45) is 0 Å². The zero-order chi connectivity index (χ0) is 17.9. The largest absolute Gasteiger partial charge is 0.335 e. The van der Waals surface area contributed by atoms with E-state index in [1.807, 2.05) is 20.8 Å². The topological polar surface area (TPSA) is 76.3 Å². The molecule has 0 fully saturated rings. The van der Waals surface area contributed by atoms with E-state index >= 15 is 0 Å². The normalized spacial score (nSPS) is 12.3. The number of nitrogens with zero attached hydrogens (tertiary/aromatic N) is 3. The number of carbonyl (C=O) groups is 1. The summed E-state index contributed by atoms with van der Waals surface area (Å²) in [5.41, 5.74) is 1.55. The first-order chi connectivity index (χ1) is 11.3. The average molecular weight is 345 g/mol. The number of non-ortho nitro benzene ring substituents is 1. The minimum Gasteiger partial charge on any atom is -0.335 e. The smallest absolute Gasteiger partial charge is 0.270 e. The summed E-state index contributed by atoms with van der Waals surface area (Å²) in [6, 6.07) is 6.08. The van der Waals surface area contributed by atoms with Crippen molar-refractivity contribution >= 4 is 29.0 Å². The van der Waals surface area contributed by atoms with Crippen LogP contribution in [0, 0.1) is 24.0 Å². The number of nitro groups is 1. The van der Waals surface area contributed by atoms with Crippen LogP contribution in [0.25, 0.3) is 6.08 Å². The summed E-state index contributed by atoms with van der Waals surface area (Å²) in [6.45, 7) is 5.84. The maximum absolute atomic E-state index is 12.4. The van der Waals surface area contributed by atoms with Gasteiger partial charge in [-0.15, -0.1) is 11.3 Å². The van der Waals surface area contributed by atoms with E-state index in [0.717, 1.165) is 15.6 Å². The third-order valence-corrected chi connectivity index (χ3v) is 4.99. The molecule has 0 aliphatic carbocycles. The minimum atomic E-state index is -0.456. The van der Waals surface area contributed by atoms with Gasteiger partial charge in [0.15, 0.2) is 0 Å². The van der Waals surface area contributed by atoms with Crippen molar-refractivity contribution in [2.45, 2.75) is 26.8 Å². The van der Waals surface area contributed by atoms with Gasteiger partial charge in [0, 0.05) is 30.1 Å². The predicted molar refractivity (Wildman–Crippen MR) is 94.9 cm³/mol. The standard InChI is InChI=1S/C17H19N3O3S/c1-11-17(24-13(3)18-11)12(2)19(4)16(21)9-8-14-6-5-7-15(10-14)20(22)23/h5-10,12H,1-4H3/b9-8+/t12-/m0/s1. The molecule has 1 aromatic heterocycles. The molecular weight excluding hydrogens is 326 g/mol. The van der Waals surface area contributed by atoms with Crippen LogP contribution in [-0.4, -0.2) is 27.8 Å². The van der Waals surface area contributed by atoms with Crippen molar-refractivity contribution in [2.75, 3.05) is 7.05 Å². The molecule has 1 aromatic carbocycles. The summed E-state index contributed by atoms with van der Waals surface area (Å²) < 4.78 is 0. The summed E-state index contributed by atoms with van der Waals surface area (Å²) in [4.78, 5) is 29.8. The van der Waals surface area contributed by atoms with Gasteiger partial charge in [0.25, 0.3) is 5.69 Å². The molecule has 0 saturated carbocycles. The quantitative estimate of drug-likeness (QED) is 0.468. The number of benzene rings is 1. The fourth-order valence-electron chi connectivity index (χ4n) is 2.33. The molecule has 0 spiro atoms. The molecule has 0 bridgehead atoms. The van der Waals surface area contributed by atoms with Crippen LogP contribution in [-0.2, 0) is 4.79 Å². The number of aryl methyl sites for hydroxylation is 2. The summed E-state index contributed by atoms with van der Waals surface area (Å²) in [6.07, 6.45) is 3.02. The van der Waals surface area contributed by atoms with E-state index in [0.29, 0.717) is 5.56 Å². The lowest BCUT2D eigenvalue weighted by molar-refractivity contribution is -0.384. The Balaban J connectivity index is 2.12. The van der Waals surface area contributed by atoms with Crippen molar-refractivity contribution in [1.29, 1.82) is 0 Å². The van der Waals surface area contributed by atoms with Gasteiger partial charge in [-0.1, -0.05) is 12.1 Å². The van der Waals surface area contributed by atoms with Gasteiger partial charge >= 0.3 is 0 Å². The van der Waals surface area contributed by atoms with E-state index in [1.54, 1.807) is 41.5 Å². The van der Waals surface area contributed by atoms with Crippen LogP contribution >= 0.6 is 11.3 Å². The maximum atomic E-state index is 12.4. The maximum Gasteiger partial charge on any atom is 0.270 e. The van der Waals surface area contributed by atoms with Crippen molar-refractivity contribution in [3.63, 3.8) is 0 Å². The molecule has 6 nitrogen and oxygen atoms in total. The number of amides is 1. The van der Waals surface area contributed by atoms with E-state index in [4.69, 9.17) is 0 Å². The fraction of sp³-hybridized carbons (Fsp3) is 0.294. The molecule has 1 atom stereocenters. The second-order valence-corrected chi connectivity index (χ2v) is 6.73. The summed E-state index contributed by atoms with van der Waals surface area (Å²) >= 11 is 1.58. The zero-order valence-corrected chi connectivity index (χ0v) is 14.8. The number of hydrogen-bond acceptors (Lipinski definition) is 5. The Morgan fingerprint density at radius 3 is 2.71 bits per heavy atom. The Bertz CT molecular complexity index is 798. The first-order valence-corrected chi connectivity index (χ1v) is 8.24. The van der Waals surface area contributed by atoms with Crippen molar-refractivity contribution in [1.82, 2.24) is 9.88 Å². The van der Waals surface area contributed by atoms with Crippen LogP contribution in [0.15, 0.2) is 30.3 Å². The third kappa shape index (κ3) is 4.05. The molecule has 24 heavy (non-hydrogen) atoms. The van der Waals surface area contributed by atoms with Gasteiger partial charge in [-0.05, 0) is 32.4 Å². The molecular formula is C17H19N3O3S. The molecule has 2 aromatic rings. The lowest BCUT2D eigenvalue weighted by Crippen LogP contribution is -2.27. The highest BCUT2D eigenvalue weighted by atomic mass is 32.1. The Labute approximate surface area is 144 Å². The number of hydrogen-bond donors (Lipinski definition) is 0. The molecule has 1 heterocycles. The Morgan fingerprint density at radius 1 is 1.42 bits per heavy atom. The second kappa shape index (κ2) is 7.35. The average Bonchev–Trinajstić information content (AvgIpc) is 2.89. The molecule has 126 valence electrons. The van der Waals surface area contributed by atoms with E-state index in [2.05, 4.69) is 4.98 Å². The van der Waals surface area contributed by atoms with Gasteiger partial charge in [0.05, 0.1) is 21.7 Å². The van der Waals surface area contributed by atoms with Crippen molar-refractivity contribution in [3.8, 4) is 0 Å². The molecule has 0 radical (unpaired) electrons. The van der Waals surface area contributed by atoms with Crippen LogP contribution in [0.3, 0.4) is 0 Å². The van der Waals surface area contributed by atoms with Crippen LogP contribution in [0.4, 0.5) is 5.69 Å². The Kier molecular flexibility index (Phi) is 5.46. The summed E-state index contributed by atoms with van der Waals surface area (Å²) in [7, 11) is 1.74. The lowest BCUT2D eigenvalue weighted by atomic mass is 10.1. The Hall–Kier alpha value is -2.54. The van der Waals surface area contributed by atoms with E-state index in [1.165, 1.54) is 18.2 Å². The van der Waals surface area contributed by atoms with Crippen molar-refractivity contribution < 1.29 is 9.72 Å². The molecule has 0 unspecified atom stereocenters. The lowest BCUT2D eigenvalue weighted by Gasteiger charge is -2.23. The van der Waals surface area contributed by atoms with Gasteiger partial charge in [-0.3, -0.25) is 14.9 Å². The molecule has 2 rings (SSSR count). The van der Waals surface area contributed by atoms with Crippen LogP contribution < -0.4 is 0 Å². The van der Waals surface area contributed by atoms with Gasteiger partial charge in [-0.25, -0.2) is 4.98 Å². The molecule has 0 saturated heterocycles. The highest BCUT2D eigenvalue weighted by molar-refractivity contribution is 7.11. The molecule has 0 N–H and O–H groups in total. The van der Waals surface area contributed by atoms with Gasteiger partial charge < -0.3 is 4.90 Å². The number of aromatic nitrogens is 1. The number of carbonyl (C=O) groups excluding carboxylic acids is 1. The number of rotatable bonds is 5. The molecule has 1 amide bonds. The molecule has 7 heteroatoms. The van der Waals surface area contributed by atoms with Gasteiger partial charge in [0.1, 0.15) is 0 Å². The van der Waals surface area contributed by atoms with Crippen LogP contribution in [0.1, 0.15) is 34.1 Å². The monoisotopic (exact) mass is 345 g/mol. The van der Waals surface area contributed by atoms with Gasteiger partial charge in [0.2, 0.25) is 5.91 Å². The highest BCUT2D eigenvalue weighted by Crippen LogP contribution is 2.28. The number of thiazole rings is 1. The van der Waals surface area contributed by atoms with E-state index in [9.17, 15) is 14.9 Å². The first kappa shape index (κ1) is 17.8. The second-order valence-electron chi connectivity index (χ2n) is 5.49.